The zero-order valence-corrected chi connectivity index (χ0v) is 12.7. The molecule has 0 spiro atoms. The number of nitrogens with zero attached hydrogens (tertiary/aromatic N) is 2. The van der Waals surface area contributed by atoms with Crippen LogP contribution in [0.1, 0.15) is 27.4 Å². The molecule has 0 fully saturated rings. The second kappa shape index (κ2) is 5.48. The van der Waals surface area contributed by atoms with Crippen LogP contribution in [0.3, 0.4) is 0 Å². The molecule has 3 aromatic rings. The summed E-state index contributed by atoms with van der Waals surface area (Å²) in [5.74, 6) is -0.238. The number of aromatic amines is 2. The third-order valence-corrected chi connectivity index (χ3v) is 3.54. The van der Waals surface area contributed by atoms with Gasteiger partial charge in [0.1, 0.15) is 5.69 Å². The Bertz CT molecular complexity index is 794. The zero-order chi connectivity index (χ0) is 15.7. The van der Waals surface area contributed by atoms with Gasteiger partial charge in [0, 0.05) is 5.56 Å². The van der Waals surface area contributed by atoms with Crippen molar-refractivity contribution in [3.63, 3.8) is 0 Å². The minimum atomic E-state index is -0.238. The van der Waals surface area contributed by atoms with Crippen LogP contribution in [0.5, 0.6) is 0 Å². The van der Waals surface area contributed by atoms with Crippen molar-refractivity contribution in [2.45, 2.75) is 20.8 Å². The number of hydrogen-bond acceptors (Lipinski definition) is 3. The number of nitrogens with one attached hydrogen (secondary N) is 3. The third-order valence-electron chi connectivity index (χ3n) is 3.54. The summed E-state index contributed by atoms with van der Waals surface area (Å²) in [6.07, 6.45) is 0. The molecule has 3 rings (SSSR count). The summed E-state index contributed by atoms with van der Waals surface area (Å²) in [7, 11) is 0. The Balaban J connectivity index is 1.81. The highest BCUT2D eigenvalue weighted by molar-refractivity contribution is 6.04. The van der Waals surface area contributed by atoms with Gasteiger partial charge in [-0.3, -0.25) is 15.0 Å². The second-order valence-electron chi connectivity index (χ2n) is 5.30. The number of rotatable bonds is 3. The molecule has 0 unspecified atom stereocenters. The predicted molar refractivity (Wildman–Crippen MR) is 84.8 cm³/mol. The highest BCUT2D eigenvalue weighted by Gasteiger charge is 2.14. The van der Waals surface area contributed by atoms with Crippen molar-refractivity contribution < 1.29 is 4.79 Å². The van der Waals surface area contributed by atoms with Crippen LogP contribution in [0, 0.1) is 20.8 Å². The lowest BCUT2D eigenvalue weighted by molar-refractivity contribution is 0.102. The van der Waals surface area contributed by atoms with Gasteiger partial charge in [-0.2, -0.15) is 10.2 Å². The number of aromatic nitrogens is 4. The first-order chi connectivity index (χ1) is 10.5. The smallest absolute Gasteiger partial charge is 0.273 e. The van der Waals surface area contributed by atoms with E-state index in [0.717, 1.165) is 22.6 Å². The predicted octanol–water partition coefficient (Wildman–Crippen LogP) is 2.98. The maximum absolute atomic E-state index is 12.3. The molecule has 0 aliphatic carbocycles. The largest absolute Gasteiger partial charge is 0.318 e. The molecule has 112 valence electrons. The van der Waals surface area contributed by atoms with E-state index < -0.39 is 0 Å². The van der Waals surface area contributed by atoms with Gasteiger partial charge in [0.2, 0.25) is 0 Å². The average molecular weight is 295 g/mol. The monoisotopic (exact) mass is 295 g/mol. The van der Waals surface area contributed by atoms with Gasteiger partial charge in [-0.15, -0.1) is 0 Å². The zero-order valence-electron chi connectivity index (χ0n) is 12.7. The fourth-order valence-electron chi connectivity index (χ4n) is 2.23. The normalized spacial score (nSPS) is 10.7. The molecule has 0 atom stereocenters. The maximum Gasteiger partial charge on any atom is 0.273 e. The van der Waals surface area contributed by atoms with Gasteiger partial charge in [-0.1, -0.05) is 29.8 Å². The molecule has 6 heteroatoms. The lowest BCUT2D eigenvalue weighted by Gasteiger charge is -2.02. The fraction of sp³-hybridized carbons (Fsp3) is 0.188. The molecule has 1 aromatic carbocycles. The summed E-state index contributed by atoms with van der Waals surface area (Å²) in [5, 5.41) is 16.7. The van der Waals surface area contributed by atoms with Gasteiger partial charge >= 0.3 is 0 Å². The molecule has 0 radical (unpaired) electrons. The summed E-state index contributed by atoms with van der Waals surface area (Å²) in [6.45, 7) is 5.73. The molecular formula is C16H17N5O. The van der Waals surface area contributed by atoms with Crippen molar-refractivity contribution in [1.82, 2.24) is 20.4 Å². The van der Waals surface area contributed by atoms with Crippen molar-refractivity contribution in [2.75, 3.05) is 5.32 Å². The van der Waals surface area contributed by atoms with Gasteiger partial charge in [0.15, 0.2) is 0 Å². The summed E-state index contributed by atoms with van der Waals surface area (Å²) < 4.78 is 0. The highest BCUT2D eigenvalue weighted by atomic mass is 16.1. The van der Waals surface area contributed by atoms with E-state index in [4.69, 9.17) is 0 Å². The Hall–Kier alpha value is -2.89. The number of carbonyl (C=O) groups excluding carboxylic acids is 1. The molecule has 2 aromatic heterocycles. The summed E-state index contributed by atoms with van der Waals surface area (Å²) >= 11 is 0. The number of hydrogen-bond donors (Lipinski definition) is 3. The van der Waals surface area contributed by atoms with Crippen LogP contribution in [0.25, 0.3) is 11.3 Å². The topological polar surface area (TPSA) is 86.5 Å². The van der Waals surface area contributed by atoms with Crippen molar-refractivity contribution in [2.24, 2.45) is 0 Å². The first kappa shape index (κ1) is 14.1. The third kappa shape index (κ3) is 2.63. The highest BCUT2D eigenvalue weighted by Crippen LogP contribution is 2.20. The Kier molecular flexibility index (Phi) is 3.50. The minimum Gasteiger partial charge on any atom is -0.318 e. The molecule has 0 bridgehead atoms. The quantitative estimate of drug-likeness (QED) is 0.694. The average Bonchev–Trinajstić information content (AvgIpc) is 3.10. The first-order valence-electron chi connectivity index (χ1n) is 7.00. The van der Waals surface area contributed by atoms with E-state index in [1.807, 2.05) is 45.0 Å². The van der Waals surface area contributed by atoms with Crippen LogP contribution in [0.15, 0.2) is 30.3 Å². The van der Waals surface area contributed by atoms with Gasteiger partial charge in [-0.25, -0.2) is 0 Å². The van der Waals surface area contributed by atoms with Gasteiger partial charge in [0.25, 0.3) is 5.91 Å². The van der Waals surface area contributed by atoms with Crippen LogP contribution in [-0.4, -0.2) is 26.3 Å². The number of benzene rings is 1. The molecule has 2 heterocycles. The van der Waals surface area contributed by atoms with Gasteiger partial charge < -0.3 is 5.32 Å². The van der Waals surface area contributed by atoms with E-state index in [0.29, 0.717) is 11.4 Å². The van der Waals surface area contributed by atoms with Crippen LogP contribution < -0.4 is 5.32 Å². The van der Waals surface area contributed by atoms with E-state index in [-0.39, 0.29) is 5.91 Å². The minimum absolute atomic E-state index is 0.238. The Morgan fingerprint density at radius 3 is 2.41 bits per heavy atom. The molecule has 1 amide bonds. The second-order valence-corrected chi connectivity index (χ2v) is 5.30. The molecule has 0 saturated carbocycles. The number of amides is 1. The van der Waals surface area contributed by atoms with Crippen molar-refractivity contribution in [3.8, 4) is 11.3 Å². The standard InChI is InChI=1S/C16H17N5O/c1-9-4-6-12(7-5-9)13-8-14(21-20-13)16(22)17-15-10(2)18-19-11(15)3/h4-8H,1-3H3,(H,17,22)(H,18,19)(H,20,21). The molecule has 6 nitrogen and oxygen atoms in total. The molecule has 0 saturated heterocycles. The van der Waals surface area contributed by atoms with Crippen molar-refractivity contribution in [3.05, 3.63) is 53.0 Å². The molecule has 0 aliphatic heterocycles. The van der Waals surface area contributed by atoms with E-state index in [9.17, 15) is 4.79 Å². The Morgan fingerprint density at radius 1 is 1.05 bits per heavy atom. The maximum atomic E-state index is 12.3. The van der Waals surface area contributed by atoms with Crippen molar-refractivity contribution >= 4 is 11.6 Å². The molecular weight excluding hydrogens is 278 g/mol. The lowest BCUT2D eigenvalue weighted by atomic mass is 10.1. The van der Waals surface area contributed by atoms with Gasteiger partial charge in [-0.05, 0) is 26.8 Å². The Labute approximate surface area is 128 Å². The van der Waals surface area contributed by atoms with Crippen LogP contribution in [0.4, 0.5) is 5.69 Å². The number of anilines is 1. The van der Waals surface area contributed by atoms with E-state index >= 15 is 0 Å². The lowest BCUT2D eigenvalue weighted by Crippen LogP contribution is -2.13. The fourth-order valence-corrected chi connectivity index (χ4v) is 2.23. The van der Waals surface area contributed by atoms with Crippen LogP contribution in [0.2, 0.25) is 0 Å². The van der Waals surface area contributed by atoms with E-state index in [2.05, 4.69) is 25.7 Å². The van der Waals surface area contributed by atoms with Crippen LogP contribution in [-0.2, 0) is 0 Å². The van der Waals surface area contributed by atoms with Crippen molar-refractivity contribution in [1.29, 1.82) is 0 Å². The van der Waals surface area contributed by atoms with E-state index in [1.54, 1.807) is 6.07 Å². The van der Waals surface area contributed by atoms with Gasteiger partial charge in [0.05, 0.1) is 22.8 Å². The summed E-state index contributed by atoms with van der Waals surface area (Å²) in [6, 6.07) is 9.74. The number of aryl methyl sites for hydroxylation is 3. The number of H-pyrrole nitrogens is 2. The van der Waals surface area contributed by atoms with E-state index in [1.165, 1.54) is 5.56 Å². The molecule has 0 aliphatic rings. The first-order valence-corrected chi connectivity index (χ1v) is 7.00. The molecule has 22 heavy (non-hydrogen) atoms. The summed E-state index contributed by atoms with van der Waals surface area (Å²) in [4.78, 5) is 12.3. The van der Waals surface area contributed by atoms with Crippen LogP contribution >= 0.6 is 0 Å². The molecule has 3 N–H and O–H groups in total. The number of carbonyl (C=O) groups is 1. The summed E-state index contributed by atoms with van der Waals surface area (Å²) in [5.41, 5.74) is 5.59. The SMILES string of the molecule is Cc1ccc(-c2cc(C(=O)Nc3c(C)n[nH]c3C)[nH]n2)cc1. The Morgan fingerprint density at radius 2 is 1.77 bits per heavy atom.